The monoisotopic (exact) mass is 566 g/mol. The van der Waals surface area contributed by atoms with Gasteiger partial charge in [-0.05, 0) is 30.5 Å². The third-order valence-electron chi connectivity index (χ3n) is 6.36. The van der Waals surface area contributed by atoms with E-state index in [1.807, 2.05) is 0 Å². The van der Waals surface area contributed by atoms with Gasteiger partial charge in [0.2, 0.25) is 17.7 Å². The number of halogens is 1. The van der Waals surface area contributed by atoms with Crippen LogP contribution in [0.25, 0.3) is 0 Å². The lowest BCUT2D eigenvalue weighted by Gasteiger charge is -2.16. The Bertz CT molecular complexity index is 948. The lowest BCUT2D eigenvalue weighted by Crippen LogP contribution is -2.41. The highest BCUT2D eigenvalue weighted by molar-refractivity contribution is 6.27. The van der Waals surface area contributed by atoms with E-state index >= 15 is 0 Å². The number of nitrogens with zero attached hydrogens (tertiary/aromatic N) is 1. The van der Waals surface area contributed by atoms with Gasteiger partial charge < -0.3 is 30.3 Å². The van der Waals surface area contributed by atoms with Gasteiger partial charge in [-0.25, -0.2) is 9.59 Å². The standard InChI is InChI=1S/C27H39ClN4O7/c1-32(24(34)16-28)15-14-29-27(37)38-19-20-10-12-22(13-11-20)39-25(35)18-30-23(33)17-31-26(36)21-8-6-4-2-3-5-7-9-21/h10-13,21H,2-9,14-19H2,1H3,(H,29,37)(H,30,33)(H,31,36). The van der Waals surface area contributed by atoms with Crippen molar-refractivity contribution in [1.29, 1.82) is 0 Å². The first kappa shape index (κ1) is 31.9. The van der Waals surface area contributed by atoms with Crippen molar-refractivity contribution < 1.29 is 33.4 Å². The molecule has 0 saturated heterocycles. The maximum absolute atomic E-state index is 12.4. The summed E-state index contributed by atoms with van der Waals surface area (Å²) in [6.45, 7) is -0.00628. The van der Waals surface area contributed by atoms with Crippen LogP contribution in [0.4, 0.5) is 4.79 Å². The molecule has 1 aliphatic carbocycles. The molecule has 0 aliphatic heterocycles. The van der Waals surface area contributed by atoms with E-state index in [0.29, 0.717) is 12.1 Å². The van der Waals surface area contributed by atoms with Crippen molar-refractivity contribution in [3.05, 3.63) is 29.8 Å². The predicted octanol–water partition coefficient (Wildman–Crippen LogP) is 2.50. The number of carbonyl (C=O) groups excluding carboxylic acids is 5. The Balaban J connectivity index is 1.62. The molecule has 0 atom stereocenters. The van der Waals surface area contributed by atoms with Crippen LogP contribution in [0.5, 0.6) is 5.75 Å². The zero-order valence-electron chi connectivity index (χ0n) is 22.5. The number of esters is 1. The van der Waals surface area contributed by atoms with Crippen molar-refractivity contribution in [2.75, 3.05) is 39.1 Å². The molecule has 3 N–H and O–H groups in total. The van der Waals surface area contributed by atoms with Gasteiger partial charge in [0.05, 0.1) is 6.54 Å². The van der Waals surface area contributed by atoms with Gasteiger partial charge >= 0.3 is 12.1 Å². The van der Waals surface area contributed by atoms with E-state index in [1.54, 1.807) is 31.3 Å². The number of alkyl halides is 1. The van der Waals surface area contributed by atoms with Gasteiger partial charge in [0.25, 0.3) is 0 Å². The summed E-state index contributed by atoms with van der Waals surface area (Å²) >= 11 is 5.47. The third-order valence-corrected chi connectivity index (χ3v) is 6.59. The predicted molar refractivity (Wildman–Crippen MR) is 145 cm³/mol. The van der Waals surface area contributed by atoms with Crippen LogP contribution >= 0.6 is 11.6 Å². The van der Waals surface area contributed by atoms with Gasteiger partial charge in [-0.2, -0.15) is 0 Å². The molecule has 0 unspecified atom stereocenters. The van der Waals surface area contributed by atoms with Gasteiger partial charge in [0, 0.05) is 26.1 Å². The molecule has 2 rings (SSSR count). The summed E-state index contributed by atoms with van der Waals surface area (Å²) in [5.41, 5.74) is 0.670. The molecule has 0 radical (unpaired) electrons. The minimum Gasteiger partial charge on any atom is -0.445 e. The Kier molecular flexibility index (Phi) is 14.7. The van der Waals surface area contributed by atoms with E-state index in [1.165, 1.54) is 17.7 Å². The van der Waals surface area contributed by atoms with Crippen molar-refractivity contribution in [2.45, 2.75) is 58.0 Å². The fourth-order valence-electron chi connectivity index (χ4n) is 4.01. The van der Waals surface area contributed by atoms with Crippen LogP contribution < -0.4 is 20.7 Å². The van der Waals surface area contributed by atoms with Crippen LogP contribution in [0.15, 0.2) is 24.3 Å². The first-order chi connectivity index (χ1) is 18.8. The average Bonchev–Trinajstić information content (AvgIpc) is 3.08. The van der Waals surface area contributed by atoms with E-state index in [-0.39, 0.29) is 55.6 Å². The van der Waals surface area contributed by atoms with Crippen molar-refractivity contribution in [3.8, 4) is 5.75 Å². The summed E-state index contributed by atoms with van der Waals surface area (Å²) < 4.78 is 10.3. The number of amides is 4. The summed E-state index contributed by atoms with van der Waals surface area (Å²) in [5.74, 6) is -1.40. The molecular weight excluding hydrogens is 528 g/mol. The second kappa shape index (κ2) is 18.0. The second-order valence-electron chi connectivity index (χ2n) is 9.46. The summed E-state index contributed by atoms with van der Waals surface area (Å²) in [7, 11) is 1.58. The molecule has 0 aromatic heterocycles. The van der Waals surface area contributed by atoms with E-state index in [9.17, 15) is 24.0 Å². The molecule has 0 heterocycles. The van der Waals surface area contributed by atoms with Gasteiger partial charge in [-0.1, -0.05) is 50.7 Å². The molecular formula is C27H39ClN4O7. The molecule has 12 heteroatoms. The van der Waals surface area contributed by atoms with E-state index in [4.69, 9.17) is 21.1 Å². The van der Waals surface area contributed by atoms with Gasteiger partial charge in [0.15, 0.2) is 0 Å². The zero-order chi connectivity index (χ0) is 28.5. The Labute approximate surface area is 234 Å². The number of carbonyl (C=O) groups is 5. The molecule has 1 aromatic rings. The fraction of sp³-hybridized carbons (Fsp3) is 0.593. The minimum atomic E-state index is -0.660. The SMILES string of the molecule is CN(CCNC(=O)OCc1ccc(OC(=O)CNC(=O)CNC(=O)C2CCCCCCCC2)cc1)C(=O)CCl. The Hall–Kier alpha value is -3.34. The number of hydrogen-bond donors (Lipinski definition) is 3. The summed E-state index contributed by atoms with van der Waals surface area (Å²) in [5, 5.41) is 7.67. The molecule has 39 heavy (non-hydrogen) atoms. The van der Waals surface area contributed by atoms with Crippen molar-refractivity contribution in [3.63, 3.8) is 0 Å². The van der Waals surface area contributed by atoms with Crippen LogP contribution in [0, 0.1) is 5.92 Å². The van der Waals surface area contributed by atoms with Crippen LogP contribution in [-0.2, 0) is 30.5 Å². The topological polar surface area (TPSA) is 143 Å². The lowest BCUT2D eigenvalue weighted by molar-refractivity contribution is -0.135. The van der Waals surface area contributed by atoms with Gasteiger partial charge in [-0.15, -0.1) is 11.6 Å². The van der Waals surface area contributed by atoms with Crippen LogP contribution in [0.3, 0.4) is 0 Å². The Morgan fingerprint density at radius 3 is 2.18 bits per heavy atom. The number of ether oxygens (including phenoxy) is 2. The number of nitrogens with one attached hydrogen (secondary N) is 3. The smallest absolute Gasteiger partial charge is 0.407 e. The van der Waals surface area contributed by atoms with Gasteiger partial charge in [-0.3, -0.25) is 14.4 Å². The maximum Gasteiger partial charge on any atom is 0.407 e. The van der Waals surface area contributed by atoms with Crippen molar-refractivity contribution in [2.24, 2.45) is 5.92 Å². The number of hydrogen-bond acceptors (Lipinski definition) is 7. The number of likely N-dealkylation sites (N-methyl/N-ethyl adjacent to an activating group) is 1. The molecule has 11 nitrogen and oxygen atoms in total. The molecule has 4 amide bonds. The minimum absolute atomic E-state index is 0.000849. The number of benzene rings is 1. The Morgan fingerprint density at radius 1 is 0.897 bits per heavy atom. The van der Waals surface area contributed by atoms with Gasteiger partial charge in [0.1, 0.15) is 24.8 Å². The maximum atomic E-state index is 12.4. The Morgan fingerprint density at radius 2 is 1.54 bits per heavy atom. The largest absolute Gasteiger partial charge is 0.445 e. The molecule has 0 spiro atoms. The molecule has 1 aliphatic rings. The van der Waals surface area contributed by atoms with Crippen molar-refractivity contribution in [1.82, 2.24) is 20.9 Å². The highest BCUT2D eigenvalue weighted by atomic mass is 35.5. The highest BCUT2D eigenvalue weighted by Gasteiger charge is 2.19. The number of alkyl carbamates (subject to hydrolysis) is 1. The third kappa shape index (κ3) is 13.3. The van der Waals surface area contributed by atoms with Crippen LogP contribution in [0.1, 0.15) is 56.9 Å². The van der Waals surface area contributed by atoms with E-state index in [0.717, 1.165) is 38.5 Å². The normalized spacial score (nSPS) is 14.1. The van der Waals surface area contributed by atoms with E-state index in [2.05, 4.69) is 16.0 Å². The first-order valence-corrected chi connectivity index (χ1v) is 13.9. The summed E-state index contributed by atoms with van der Waals surface area (Å²) in [6, 6.07) is 6.35. The first-order valence-electron chi connectivity index (χ1n) is 13.3. The average molecular weight is 567 g/mol. The lowest BCUT2D eigenvalue weighted by atomic mass is 9.96. The highest BCUT2D eigenvalue weighted by Crippen LogP contribution is 2.21. The molecule has 1 fully saturated rings. The fourth-order valence-corrected chi connectivity index (χ4v) is 4.22. The van der Waals surface area contributed by atoms with Crippen molar-refractivity contribution >= 4 is 41.4 Å². The second-order valence-corrected chi connectivity index (χ2v) is 9.73. The van der Waals surface area contributed by atoms with Crippen LogP contribution in [-0.4, -0.2) is 73.8 Å². The van der Waals surface area contributed by atoms with Crippen LogP contribution in [0.2, 0.25) is 0 Å². The molecule has 1 aromatic carbocycles. The summed E-state index contributed by atoms with van der Waals surface area (Å²) in [4.78, 5) is 61.2. The molecule has 216 valence electrons. The quantitative estimate of drug-likeness (QED) is 0.200. The molecule has 0 bridgehead atoms. The summed E-state index contributed by atoms with van der Waals surface area (Å²) in [6.07, 6.45) is 7.80. The number of rotatable bonds is 12. The zero-order valence-corrected chi connectivity index (χ0v) is 23.2. The van der Waals surface area contributed by atoms with E-state index < -0.39 is 18.0 Å². The molecule has 1 saturated carbocycles.